The van der Waals surface area contributed by atoms with E-state index in [2.05, 4.69) is 13.3 Å². The smallest absolute Gasteiger partial charge is 0.0894 e. The maximum Gasteiger partial charge on any atom is 0.0894 e. The monoisotopic (exact) mass is 285 g/mol. The van der Waals surface area contributed by atoms with E-state index in [0.29, 0.717) is 0 Å². The van der Waals surface area contributed by atoms with Gasteiger partial charge in [0.15, 0.2) is 0 Å². The van der Waals surface area contributed by atoms with Gasteiger partial charge in [-0.2, -0.15) is 0 Å². The third-order valence-corrected chi connectivity index (χ3v) is 4.05. The standard InChI is InChI=1S/C19H38F/c1-2-3-4-5-6-7-8-9-10-11-12-13-14-15-16-17-18-19-20/h14H,2-13,15-19H2,1H3. The summed E-state index contributed by atoms with van der Waals surface area (Å²) in [4.78, 5) is 0. The van der Waals surface area contributed by atoms with Gasteiger partial charge in [0.25, 0.3) is 0 Å². The molecule has 0 spiro atoms. The number of hydrogen-bond acceptors (Lipinski definition) is 0. The Morgan fingerprint density at radius 1 is 0.550 bits per heavy atom. The molecule has 0 aromatic carbocycles. The lowest BCUT2D eigenvalue weighted by Gasteiger charge is -2.03. The molecule has 0 saturated heterocycles. The Morgan fingerprint density at radius 3 is 1.40 bits per heavy atom. The summed E-state index contributed by atoms with van der Waals surface area (Å²) in [6.07, 6.45) is 23.5. The molecule has 0 aliphatic carbocycles. The first-order valence-corrected chi connectivity index (χ1v) is 9.29. The van der Waals surface area contributed by atoms with Gasteiger partial charge < -0.3 is 0 Å². The Morgan fingerprint density at radius 2 is 0.950 bits per heavy atom. The second kappa shape index (κ2) is 18.9. The first-order chi connectivity index (χ1) is 9.91. The molecule has 0 amide bonds. The van der Waals surface area contributed by atoms with E-state index < -0.39 is 0 Å². The highest BCUT2D eigenvalue weighted by atomic mass is 19.1. The summed E-state index contributed by atoms with van der Waals surface area (Å²) in [5.41, 5.74) is 0. The Kier molecular flexibility index (Phi) is 18.9. The second-order valence-corrected chi connectivity index (χ2v) is 6.15. The van der Waals surface area contributed by atoms with Crippen molar-refractivity contribution in [3.63, 3.8) is 0 Å². The van der Waals surface area contributed by atoms with Crippen molar-refractivity contribution in [3.8, 4) is 0 Å². The van der Waals surface area contributed by atoms with Gasteiger partial charge in [0, 0.05) is 0 Å². The molecule has 0 N–H and O–H groups in total. The lowest BCUT2D eigenvalue weighted by atomic mass is 10.0. The highest BCUT2D eigenvalue weighted by Crippen LogP contribution is 2.13. The SMILES string of the molecule is CCCCCCCCCCCCC[CH]CCCCCF. The van der Waals surface area contributed by atoms with Crippen LogP contribution in [0.1, 0.15) is 110 Å². The van der Waals surface area contributed by atoms with Crippen LogP contribution in [0.2, 0.25) is 0 Å². The molecule has 0 fully saturated rings. The Labute approximate surface area is 127 Å². The van der Waals surface area contributed by atoms with Gasteiger partial charge in [0.1, 0.15) is 0 Å². The van der Waals surface area contributed by atoms with Crippen molar-refractivity contribution in [1.29, 1.82) is 0 Å². The molecule has 0 nitrogen and oxygen atoms in total. The molecule has 1 heteroatoms. The van der Waals surface area contributed by atoms with Crippen molar-refractivity contribution in [1.82, 2.24) is 0 Å². The van der Waals surface area contributed by atoms with Crippen LogP contribution in [0.15, 0.2) is 0 Å². The fourth-order valence-corrected chi connectivity index (χ4v) is 2.66. The molecule has 0 aromatic heterocycles. The number of alkyl halides is 1. The summed E-state index contributed by atoms with van der Waals surface area (Å²) in [6, 6.07) is 0. The quantitative estimate of drug-likeness (QED) is 0.244. The van der Waals surface area contributed by atoms with Gasteiger partial charge >= 0.3 is 0 Å². The molecule has 0 heterocycles. The first kappa shape index (κ1) is 19.9. The first-order valence-electron chi connectivity index (χ1n) is 9.29. The molecule has 20 heavy (non-hydrogen) atoms. The number of rotatable bonds is 17. The zero-order valence-corrected chi connectivity index (χ0v) is 14.0. The van der Waals surface area contributed by atoms with Crippen LogP contribution < -0.4 is 0 Å². The van der Waals surface area contributed by atoms with Crippen molar-refractivity contribution in [3.05, 3.63) is 6.42 Å². The summed E-state index contributed by atoms with van der Waals surface area (Å²) < 4.78 is 11.9. The van der Waals surface area contributed by atoms with E-state index in [1.807, 2.05) is 0 Å². The molecule has 0 bridgehead atoms. The van der Waals surface area contributed by atoms with Crippen LogP contribution in [-0.2, 0) is 0 Å². The topological polar surface area (TPSA) is 0 Å². The van der Waals surface area contributed by atoms with Crippen LogP contribution >= 0.6 is 0 Å². The maximum absolute atomic E-state index is 11.9. The molecule has 0 aromatic rings. The average Bonchev–Trinajstić information content (AvgIpc) is 2.47. The third-order valence-electron chi connectivity index (χ3n) is 4.05. The predicted molar refractivity (Wildman–Crippen MR) is 89.8 cm³/mol. The average molecular weight is 286 g/mol. The predicted octanol–water partition coefficient (Wildman–Crippen LogP) is 7.42. The highest BCUT2D eigenvalue weighted by molar-refractivity contribution is 4.64. The number of unbranched alkanes of at least 4 members (excludes halogenated alkanes) is 16. The summed E-state index contributed by atoms with van der Waals surface area (Å²) in [5.74, 6) is 0. The van der Waals surface area contributed by atoms with Crippen molar-refractivity contribution in [2.75, 3.05) is 6.67 Å². The van der Waals surface area contributed by atoms with Crippen LogP contribution in [0, 0.1) is 6.42 Å². The molecule has 121 valence electrons. The van der Waals surface area contributed by atoms with Gasteiger partial charge in [0.2, 0.25) is 0 Å². The van der Waals surface area contributed by atoms with Crippen LogP contribution in [0.3, 0.4) is 0 Å². The zero-order valence-electron chi connectivity index (χ0n) is 14.0. The molecule has 0 aliphatic heterocycles. The van der Waals surface area contributed by atoms with E-state index in [1.54, 1.807) is 0 Å². The van der Waals surface area contributed by atoms with Crippen LogP contribution in [0.5, 0.6) is 0 Å². The molecular formula is C19H38F. The van der Waals surface area contributed by atoms with Gasteiger partial charge in [-0.05, 0) is 12.8 Å². The summed E-state index contributed by atoms with van der Waals surface area (Å²) in [6.45, 7) is 2.14. The zero-order chi connectivity index (χ0) is 14.7. The summed E-state index contributed by atoms with van der Waals surface area (Å²) in [7, 11) is 0. The lowest BCUT2D eigenvalue weighted by molar-refractivity contribution is 0.455. The molecule has 0 rings (SSSR count). The van der Waals surface area contributed by atoms with Crippen molar-refractivity contribution in [2.24, 2.45) is 0 Å². The molecular weight excluding hydrogens is 247 g/mol. The normalized spacial score (nSPS) is 11.1. The minimum Gasteiger partial charge on any atom is -0.251 e. The Balaban J connectivity index is 2.89. The van der Waals surface area contributed by atoms with Crippen LogP contribution in [0.4, 0.5) is 4.39 Å². The van der Waals surface area contributed by atoms with Gasteiger partial charge in [-0.25, -0.2) is 0 Å². The minimum absolute atomic E-state index is 0.140. The van der Waals surface area contributed by atoms with E-state index in [-0.39, 0.29) is 6.67 Å². The van der Waals surface area contributed by atoms with Gasteiger partial charge in [-0.3, -0.25) is 4.39 Å². The minimum atomic E-state index is -0.140. The number of hydrogen-bond donors (Lipinski definition) is 0. The molecule has 0 atom stereocenters. The van der Waals surface area contributed by atoms with Gasteiger partial charge in [-0.15, -0.1) is 0 Å². The fourth-order valence-electron chi connectivity index (χ4n) is 2.66. The van der Waals surface area contributed by atoms with E-state index in [0.717, 1.165) is 12.8 Å². The summed E-state index contributed by atoms with van der Waals surface area (Å²) >= 11 is 0. The van der Waals surface area contributed by atoms with Crippen molar-refractivity contribution in [2.45, 2.75) is 110 Å². The van der Waals surface area contributed by atoms with E-state index >= 15 is 0 Å². The van der Waals surface area contributed by atoms with Crippen LogP contribution in [-0.4, -0.2) is 6.67 Å². The molecule has 1 radical (unpaired) electrons. The van der Waals surface area contributed by atoms with E-state index in [9.17, 15) is 4.39 Å². The van der Waals surface area contributed by atoms with Crippen molar-refractivity contribution >= 4 is 0 Å². The maximum atomic E-state index is 11.9. The Hall–Kier alpha value is -0.0700. The number of halogens is 1. The molecule has 0 aliphatic rings. The van der Waals surface area contributed by atoms with Gasteiger partial charge in [-0.1, -0.05) is 103 Å². The summed E-state index contributed by atoms with van der Waals surface area (Å²) in [5, 5.41) is 0. The van der Waals surface area contributed by atoms with E-state index in [4.69, 9.17) is 0 Å². The Bertz CT molecular complexity index is 138. The third kappa shape index (κ3) is 17.9. The lowest BCUT2D eigenvalue weighted by Crippen LogP contribution is -1.84. The van der Waals surface area contributed by atoms with E-state index in [1.165, 1.54) is 89.9 Å². The van der Waals surface area contributed by atoms with Crippen molar-refractivity contribution < 1.29 is 4.39 Å². The van der Waals surface area contributed by atoms with Gasteiger partial charge in [0.05, 0.1) is 6.67 Å². The largest absolute Gasteiger partial charge is 0.251 e. The van der Waals surface area contributed by atoms with Crippen LogP contribution in [0.25, 0.3) is 0 Å². The molecule has 0 saturated carbocycles. The fraction of sp³-hybridized carbons (Fsp3) is 0.947. The highest BCUT2D eigenvalue weighted by Gasteiger charge is 1.94. The molecule has 0 unspecified atom stereocenters. The second-order valence-electron chi connectivity index (χ2n) is 6.15.